The van der Waals surface area contributed by atoms with Crippen molar-refractivity contribution in [3.8, 4) is 0 Å². The summed E-state index contributed by atoms with van der Waals surface area (Å²) in [6.07, 6.45) is 1.95. The zero-order valence-electron chi connectivity index (χ0n) is 8.36. The van der Waals surface area contributed by atoms with E-state index in [1.165, 1.54) is 27.8 Å². The molecular weight excluding hydrogens is 144 g/mol. The number of rotatable bonds is 1. The Morgan fingerprint density at radius 3 is 1.75 bits per heavy atom. The first-order valence-electron chi connectivity index (χ1n) is 4.27. The SMILES string of the molecule is C=Cc1c(C)c(C)cc(C)c1C. The summed E-state index contributed by atoms with van der Waals surface area (Å²) in [6.45, 7) is 12.4. The van der Waals surface area contributed by atoms with Gasteiger partial charge < -0.3 is 0 Å². The van der Waals surface area contributed by atoms with E-state index in [1.807, 2.05) is 6.08 Å². The second-order valence-electron chi connectivity index (χ2n) is 3.38. The predicted octanol–water partition coefficient (Wildman–Crippen LogP) is 3.56. The molecule has 0 heteroatoms. The van der Waals surface area contributed by atoms with Gasteiger partial charge in [-0.25, -0.2) is 0 Å². The summed E-state index contributed by atoms with van der Waals surface area (Å²) >= 11 is 0. The normalized spacial score (nSPS) is 10.0. The highest BCUT2D eigenvalue weighted by atomic mass is 14.1. The smallest absolute Gasteiger partial charge is 0.0199 e. The van der Waals surface area contributed by atoms with Gasteiger partial charge in [-0.1, -0.05) is 18.7 Å². The second kappa shape index (κ2) is 3.14. The van der Waals surface area contributed by atoms with Crippen molar-refractivity contribution >= 4 is 6.08 Å². The van der Waals surface area contributed by atoms with Gasteiger partial charge in [-0.3, -0.25) is 0 Å². The maximum Gasteiger partial charge on any atom is -0.0199 e. The standard InChI is InChI=1S/C12H16/c1-6-12-10(4)8(2)7-9(3)11(12)5/h6-7H,1H2,2-5H3. The summed E-state index contributed by atoms with van der Waals surface area (Å²) in [5.41, 5.74) is 6.72. The van der Waals surface area contributed by atoms with Gasteiger partial charge in [0, 0.05) is 0 Å². The summed E-state index contributed by atoms with van der Waals surface area (Å²) in [5, 5.41) is 0. The molecule has 0 aliphatic rings. The van der Waals surface area contributed by atoms with Gasteiger partial charge in [0.05, 0.1) is 0 Å². The Hall–Kier alpha value is -1.04. The first-order valence-corrected chi connectivity index (χ1v) is 4.27. The van der Waals surface area contributed by atoms with Crippen LogP contribution < -0.4 is 0 Å². The van der Waals surface area contributed by atoms with Gasteiger partial charge in [-0.05, 0) is 55.5 Å². The van der Waals surface area contributed by atoms with E-state index in [4.69, 9.17) is 0 Å². The van der Waals surface area contributed by atoms with E-state index in [-0.39, 0.29) is 0 Å². The Labute approximate surface area is 74.9 Å². The molecule has 0 amide bonds. The molecule has 0 saturated heterocycles. The largest absolute Gasteiger partial charge is 0.0984 e. The Balaban J connectivity index is 3.52. The highest BCUT2D eigenvalue weighted by Gasteiger charge is 2.03. The van der Waals surface area contributed by atoms with E-state index in [9.17, 15) is 0 Å². The van der Waals surface area contributed by atoms with Crippen LogP contribution in [0.1, 0.15) is 27.8 Å². The molecule has 0 heterocycles. The van der Waals surface area contributed by atoms with Crippen molar-refractivity contribution in [1.29, 1.82) is 0 Å². The van der Waals surface area contributed by atoms with Crippen LogP contribution in [0.5, 0.6) is 0 Å². The van der Waals surface area contributed by atoms with Crippen molar-refractivity contribution in [3.63, 3.8) is 0 Å². The molecule has 0 radical (unpaired) electrons. The zero-order valence-corrected chi connectivity index (χ0v) is 8.36. The molecule has 1 aromatic carbocycles. The van der Waals surface area contributed by atoms with Crippen LogP contribution in [-0.2, 0) is 0 Å². The molecule has 0 unspecified atom stereocenters. The van der Waals surface area contributed by atoms with E-state index in [1.54, 1.807) is 0 Å². The highest BCUT2D eigenvalue weighted by molar-refractivity contribution is 5.60. The zero-order chi connectivity index (χ0) is 9.30. The number of benzene rings is 1. The average Bonchev–Trinajstić information content (AvgIpc) is 2.02. The summed E-state index contributed by atoms with van der Waals surface area (Å²) in [6, 6.07) is 2.23. The first kappa shape index (κ1) is 9.05. The summed E-state index contributed by atoms with van der Waals surface area (Å²) in [7, 11) is 0. The van der Waals surface area contributed by atoms with Crippen LogP contribution in [0.2, 0.25) is 0 Å². The van der Waals surface area contributed by atoms with Gasteiger partial charge in [0.15, 0.2) is 0 Å². The maximum atomic E-state index is 3.83. The van der Waals surface area contributed by atoms with Crippen molar-refractivity contribution in [3.05, 3.63) is 40.5 Å². The third-order valence-corrected chi connectivity index (χ3v) is 2.63. The predicted molar refractivity (Wildman–Crippen MR) is 55.5 cm³/mol. The molecule has 0 N–H and O–H groups in total. The lowest BCUT2D eigenvalue weighted by Gasteiger charge is -2.11. The van der Waals surface area contributed by atoms with Crippen LogP contribution in [-0.4, -0.2) is 0 Å². The van der Waals surface area contributed by atoms with E-state index in [0.29, 0.717) is 0 Å². The maximum absolute atomic E-state index is 3.83. The Bertz CT molecular complexity index is 293. The van der Waals surface area contributed by atoms with E-state index in [2.05, 4.69) is 40.3 Å². The summed E-state index contributed by atoms with van der Waals surface area (Å²) < 4.78 is 0. The second-order valence-corrected chi connectivity index (χ2v) is 3.38. The topological polar surface area (TPSA) is 0 Å². The van der Waals surface area contributed by atoms with Gasteiger partial charge in [-0.15, -0.1) is 0 Å². The van der Waals surface area contributed by atoms with Crippen molar-refractivity contribution in [1.82, 2.24) is 0 Å². The first-order chi connectivity index (χ1) is 5.57. The fourth-order valence-electron chi connectivity index (χ4n) is 1.55. The molecule has 0 bridgehead atoms. The molecule has 0 aliphatic carbocycles. The monoisotopic (exact) mass is 160 g/mol. The van der Waals surface area contributed by atoms with E-state index < -0.39 is 0 Å². The summed E-state index contributed by atoms with van der Waals surface area (Å²) in [5.74, 6) is 0. The molecule has 12 heavy (non-hydrogen) atoms. The minimum atomic E-state index is 1.30. The molecule has 1 aromatic rings. The van der Waals surface area contributed by atoms with Gasteiger partial charge in [0.2, 0.25) is 0 Å². The van der Waals surface area contributed by atoms with Gasteiger partial charge in [0.25, 0.3) is 0 Å². The van der Waals surface area contributed by atoms with Crippen molar-refractivity contribution in [2.24, 2.45) is 0 Å². The van der Waals surface area contributed by atoms with Crippen LogP contribution in [0.25, 0.3) is 6.08 Å². The molecule has 64 valence electrons. The minimum absolute atomic E-state index is 1.30. The third-order valence-electron chi connectivity index (χ3n) is 2.63. The van der Waals surface area contributed by atoms with Gasteiger partial charge in [-0.2, -0.15) is 0 Å². The van der Waals surface area contributed by atoms with Crippen molar-refractivity contribution in [2.45, 2.75) is 27.7 Å². The average molecular weight is 160 g/mol. The quantitative estimate of drug-likeness (QED) is 0.589. The molecule has 0 saturated carbocycles. The van der Waals surface area contributed by atoms with Gasteiger partial charge in [0.1, 0.15) is 0 Å². The number of aryl methyl sites for hydroxylation is 2. The highest BCUT2D eigenvalue weighted by Crippen LogP contribution is 2.21. The number of hydrogen-bond acceptors (Lipinski definition) is 0. The summed E-state index contributed by atoms with van der Waals surface area (Å²) in [4.78, 5) is 0. The Morgan fingerprint density at radius 1 is 1.00 bits per heavy atom. The van der Waals surface area contributed by atoms with Crippen LogP contribution in [0.3, 0.4) is 0 Å². The number of hydrogen-bond donors (Lipinski definition) is 0. The molecule has 1 rings (SSSR count). The molecule has 0 aromatic heterocycles. The molecule has 0 atom stereocenters. The molecule has 0 spiro atoms. The lowest BCUT2D eigenvalue weighted by Crippen LogP contribution is -1.93. The van der Waals surface area contributed by atoms with Crippen LogP contribution >= 0.6 is 0 Å². The lowest BCUT2D eigenvalue weighted by molar-refractivity contribution is 1.23. The van der Waals surface area contributed by atoms with Crippen LogP contribution in [0.4, 0.5) is 0 Å². The third kappa shape index (κ3) is 1.29. The van der Waals surface area contributed by atoms with Gasteiger partial charge >= 0.3 is 0 Å². The van der Waals surface area contributed by atoms with Crippen LogP contribution in [0, 0.1) is 27.7 Å². The Morgan fingerprint density at radius 2 is 1.42 bits per heavy atom. The van der Waals surface area contributed by atoms with Crippen molar-refractivity contribution < 1.29 is 0 Å². The lowest BCUT2D eigenvalue weighted by atomic mass is 9.94. The van der Waals surface area contributed by atoms with Crippen molar-refractivity contribution in [2.75, 3.05) is 0 Å². The molecule has 0 aliphatic heterocycles. The molecule has 0 fully saturated rings. The fourth-order valence-corrected chi connectivity index (χ4v) is 1.55. The molecular formula is C12H16. The van der Waals surface area contributed by atoms with E-state index >= 15 is 0 Å². The minimum Gasteiger partial charge on any atom is -0.0984 e. The Kier molecular flexibility index (Phi) is 2.37. The molecule has 0 nitrogen and oxygen atoms in total. The fraction of sp³-hybridized carbons (Fsp3) is 0.333. The van der Waals surface area contributed by atoms with Crippen LogP contribution in [0.15, 0.2) is 12.6 Å². The van der Waals surface area contributed by atoms with E-state index in [0.717, 1.165) is 0 Å².